The summed E-state index contributed by atoms with van der Waals surface area (Å²) in [6.45, 7) is 1.80. The molecule has 1 heterocycles. The van der Waals surface area contributed by atoms with E-state index in [2.05, 4.69) is 0 Å². The number of carbonyl (C=O) groups is 1. The van der Waals surface area contributed by atoms with Crippen molar-refractivity contribution >= 4 is 5.97 Å². The van der Waals surface area contributed by atoms with Gasteiger partial charge in [0, 0.05) is 12.0 Å². The van der Waals surface area contributed by atoms with Crippen molar-refractivity contribution in [1.29, 1.82) is 0 Å². The van der Waals surface area contributed by atoms with Crippen molar-refractivity contribution in [2.45, 2.75) is 38.0 Å². The lowest BCUT2D eigenvalue weighted by molar-refractivity contribution is -0.263. The Labute approximate surface area is 103 Å². The van der Waals surface area contributed by atoms with Gasteiger partial charge in [0.1, 0.15) is 0 Å². The number of ether oxygens (including phenoxy) is 1. The normalized spacial score (nSPS) is 22.8. The molecule has 0 bridgehead atoms. The molecular weight excluding hydrogens is 245 g/mol. The zero-order valence-electron chi connectivity index (χ0n) is 9.88. The third-order valence-corrected chi connectivity index (χ3v) is 3.19. The Morgan fingerprint density at radius 1 is 1.28 bits per heavy atom. The molecular formula is C13H13F3O2. The van der Waals surface area contributed by atoms with E-state index in [4.69, 9.17) is 4.74 Å². The van der Waals surface area contributed by atoms with E-state index in [1.807, 2.05) is 0 Å². The van der Waals surface area contributed by atoms with Crippen LogP contribution in [0.25, 0.3) is 0 Å². The zero-order chi connectivity index (χ0) is 13.4. The second-order valence-corrected chi connectivity index (χ2v) is 4.36. The number of hydrogen-bond donors (Lipinski definition) is 0. The van der Waals surface area contributed by atoms with Crippen molar-refractivity contribution in [2.24, 2.45) is 0 Å². The summed E-state index contributed by atoms with van der Waals surface area (Å²) in [5, 5.41) is 0. The third-order valence-electron chi connectivity index (χ3n) is 3.19. The van der Waals surface area contributed by atoms with Gasteiger partial charge in [0.15, 0.2) is 0 Å². The quantitative estimate of drug-likeness (QED) is 0.771. The van der Waals surface area contributed by atoms with Gasteiger partial charge in [-0.1, -0.05) is 31.5 Å². The summed E-state index contributed by atoms with van der Waals surface area (Å²) in [6, 6.07) is 5.72. The van der Waals surface area contributed by atoms with Gasteiger partial charge in [0.25, 0.3) is 0 Å². The van der Waals surface area contributed by atoms with Crippen LogP contribution in [0.2, 0.25) is 0 Å². The van der Waals surface area contributed by atoms with E-state index in [1.54, 1.807) is 6.92 Å². The number of halogens is 3. The molecule has 1 aromatic carbocycles. The maximum atomic E-state index is 13.3. The van der Waals surface area contributed by atoms with E-state index < -0.39 is 17.7 Å². The fourth-order valence-corrected chi connectivity index (χ4v) is 2.25. The van der Waals surface area contributed by atoms with Gasteiger partial charge in [-0.15, -0.1) is 0 Å². The maximum absolute atomic E-state index is 13.3. The molecule has 0 amide bonds. The van der Waals surface area contributed by atoms with Gasteiger partial charge in [-0.05, 0) is 12.5 Å². The van der Waals surface area contributed by atoms with Crippen molar-refractivity contribution in [2.75, 3.05) is 0 Å². The third kappa shape index (κ3) is 1.78. The number of carbonyl (C=O) groups excluding carboxylic acids is 1. The first-order valence-electron chi connectivity index (χ1n) is 5.82. The summed E-state index contributed by atoms with van der Waals surface area (Å²) < 4.78 is 44.7. The Bertz CT molecular complexity index is 468. The molecule has 0 aromatic heterocycles. The first-order valence-corrected chi connectivity index (χ1v) is 5.82. The highest BCUT2D eigenvalue weighted by atomic mass is 19.4. The summed E-state index contributed by atoms with van der Waals surface area (Å²) in [5.41, 5.74) is -2.50. The van der Waals surface area contributed by atoms with Gasteiger partial charge in [-0.2, -0.15) is 13.2 Å². The summed E-state index contributed by atoms with van der Waals surface area (Å²) in [4.78, 5) is 11.6. The summed E-state index contributed by atoms with van der Waals surface area (Å²) in [5.74, 6) is -0.890. The van der Waals surface area contributed by atoms with Crippen LogP contribution in [0.3, 0.4) is 0 Å². The molecule has 98 valence electrons. The Balaban J connectivity index is 2.53. The van der Waals surface area contributed by atoms with Crippen LogP contribution in [0.15, 0.2) is 24.3 Å². The Morgan fingerprint density at radius 3 is 2.56 bits per heavy atom. The van der Waals surface area contributed by atoms with Crippen molar-refractivity contribution in [1.82, 2.24) is 0 Å². The molecule has 18 heavy (non-hydrogen) atoms. The smallest absolute Gasteiger partial charge is 0.432 e. The molecule has 0 spiro atoms. The molecule has 0 saturated heterocycles. The molecule has 1 aliphatic heterocycles. The number of fused-ring (bicyclic) bond motifs is 1. The fraction of sp³-hybridized carbons (Fsp3) is 0.462. The SMILES string of the molecule is CCCCC1(C(F)(F)F)OC(=O)c2ccccc21. The largest absolute Gasteiger partial charge is 0.441 e. The lowest BCUT2D eigenvalue weighted by atomic mass is 9.87. The highest BCUT2D eigenvalue weighted by Crippen LogP contribution is 2.50. The molecule has 1 unspecified atom stereocenters. The predicted molar refractivity (Wildman–Crippen MR) is 59.1 cm³/mol. The minimum atomic E-state index is -4.59. The lowest BCUT2D eigenvalue weighted by Crippen LogP contribution is -2.42. The van der Waals surface area contributed by atoms with Crippen molar-refractivity contribution in [3.8, 4) is 0 Å². The second-order valence-electron chi connectivity index (χ2n) is 4.36. The fourth-order valence-electron chi connectivity index (χ4n) is 2.25. The molecule has 0 saturated carbocycles. The van der Waals surface area contributed by atoms with Crippen LogP contribution in [0, 0.1) is 0 Å². The number of alkyl halides is 3. The Kier molecular flexibility index (Phi) is 3.09. The van der Waals surface area contributed by atoms with Crippen LogP contribution in [-0.4, -0.2) is 12.1 Å². The zero-order valence-corrected chi connectivity index (χ0v) is 9.88. The number of hydrogen-bond acceptors (Lipinski definition) is 2. The minimum absolute atomic E-state index is 0.0194. The van der Waals surface area contributed by atoms with Gasteiger partial charge in [-0.3, -0.25) is 0 Å². The summed E-state index contributed by atoms with van der Waals surface area (Å²) in [7, 11) is 0. The van der Waals surface area contributed by atoms with Crippen molar-refractivity contribution in [3.63, 3.8) is 0 Å². The minimum Gasteiger partial charge on any atom is -0.441 e. The first kappa shape index (κ1) is 12.9. The first-order chi connectivity index (χ1) is 8.42. The van der Waals surface area contributed by atoms with E-state index in [0.29, 0.717) is 12.8 Å². The number of benzene rings is 1. The topological polar surface area (TPSA) is 26.3 Å². The molecule has 1 atom stereocenters. The number of rotatable bonds is 3. The molecule has 5 heteroatoms. The van der Waals surface area contributed by atoms with Gasteiger partial charge < -0.3 is 4.74 Å². The highest BCUT2D eigenvalue weighted by Gasteiger charge is 2.63. The van der Waals surface area contributed by atoms with Gasteiger partial charge in [0.05, 0.1) is 5.56 Å². The van der Waals surface area contributed by atoms with E-state index >= 15 is 0 Å². The maximum Gasteiger partial charge on any atom is 0.432 e. The molecule has 1 aromatic rings. The van der Waals surface area contributed by atoms with Crippen LogP contribution in [0.1, 0.15) is 42.1 Å². The molecule has 0 radical (unpaired) electrons. The van der Waals surface area contributed by atoms with Crippen LogP contribution in [0.4, 0.5) is 13.2 Å². The van der Waals surface area contributed by atoms with Crippen molar-refractivity contribution < 1.29 is 22.7 Å². The average molecular weight is 258 g/mol. The standard InChI is InChI=1S/C13H13F3O2/c1-2-3-8-12(13(14,15)16)10-7-5-4-6-9(10)11(17)18-12/h4-7H,2-3,8H2,1H3. The second kappa shape index (κ2) is 4.30. The Morgan fingerprint density at radius 2 is 1.94 bits per heavy atom. The summed E-state index contributed by atoms with van der Waals surface area (Å²) in [6.07, 6.45) is -3.86. The van der Waals surface area contributed by atoms with Gasteiger partial charge in [-0.25, -0.2) is 4.79 Å². The highest BCUT2D eigenvalue weighted by molar-refractivity contribution is 5.94. The van der Waals surface area contributed by atoms with Crippen LogP contribution in [0.5, 0.6) is 0 Å². The van der Waals surface area contributed by atoms with Crippen LogP contribution >= 0.6 is 0 Å². The molecule has 1 aliphatic rings. The van der Waals surface area contributed by atoms with Crippen LogP contribution in [-0.2, 0) is 10.3 Å². The van der Waals surface area contributed by atoms with E-state index in [0.717, 1.165) is 0 Å². The molecule has 0 aliphatic carbocycles. The molecule has 2 rings (SSSR count). The van der Waals surface area contributed by atoms with Gasteiger partial charge in [0.2, 0.25) is 5.60 Å². The Hall–Kier alpha value is -1.52. The number of unbranched alkanes of at least 4 members (excludes halogenated alkanes) is 1. The van der Waals surface area contributed by atoms with Crippen LogP contribution < -0.4 is 0 Å². The van der Waals surface area contributed by atoms with Gasteiger partial charge >= 0.3 is 12.1 Å². The summed E-state index contributed by atoms with van der Waals surface area (Å²) >= 11 is 0. The molecule has 0 fully saturated rings. The lowest BCUT2D eigenvalue weighted by Gasteiger charge is -2.31. The monoisotopic (exact) mass is 258 g/mol. The van der Waals surface area contributed by atoms with Crippen molar-refractivity contribution in [3.05, 3.63) is 35.4 Å². The number of cyclic esters (lactones) is 1. The van der Waals surface area contributed by atoms with E-state index in [1.165, 1.54) is 24.3 Å². The number of esters is 1. The molecule has 2 nitrogen and oxygen atoms in total. The average Bonchev–Trinajstić information content (AvgIpc) is 2.61. The van der Waals surface area contributed by atoms with E-state index in [-0.39, 0.29) is 17.5 Å². The van der Waals surface area contributed by atoms with E-state index in [9.17, 15) is 18.0 Å². The molecule has 0 N–H and O–H groups in total. The predicted octanol–water partition coefficient (Wildman–Crippen LogP) is 3.80.